The molecular weight excluding hydrogens is 264 g/mol. The summed E-state index contributed by atoms with van der Waals surface area (Å²) in [6.07, 6.45) is 4.65. The van der Waals surface area contributed by atoms with E-state index in [-0.39, 0.29) is 6.09 Å². The molecule has 1 aromatic rings. The second kappa shape index (κ2) is 6.94. The van der Waals surface area contributed by atoms with E-state index < -0.39 is 0 Å². The van der Waals surface area contributed by atoms with Crippen molar-refractivity contribution >= 4 is 6.09 Å². The Bertz CT molecular complexity index is 457. The van der Waals surface area contributed by atoms with Crippen molar-refractivity contribution in [2.24, 2.45) is 0 Å². The van der Waals surface area contributed by atoms with E-state index >= 15 is 0 Å². The van der Waals surface area contributed by atoms with Crippen molar-refractivity contribution in [3.05, 3.63) is 35.9 Å². The molecule has 1 atom stereocenters. The van der Waals surface area contributed by atoms with Gasteiger partial charge in [-0.3, -0.25) is 0 Å². The van der Waals surface area contributed by atoms with Crippen LogP contribution in [-0.4, -0.2) is 48.1 Å². The van der Waals surface area contributed by atoms with Crippen molar-refractivity contribution in [2.75, 3.05) is 26.2 Å². The van der Waals surface area contributed by atoms with Crippen molar-refractivity contribution in [3.8, 4) is 0 Å². The maximum atomic E-state index is 12.3. The molecule has 2 fully saturated rings. The minimum atomic E-state index is -0.152. The predicted octanol–water partition coefficient (Wildman–Crippen LogP) is 2.88. The number of nitrogens with zero attached hydrogens (tertiary/aromatic N) is 2. The quantitative estimate of drug-likeness (QED) is 0.854. The van der Waals surface area contributed by atoms with Gasteiger partial charge in [0.05, 0.1) is 0 Å². The lowest BCUT2D eigenvalue weighted by Crippen LogP contribution is -2.42. The summed E-state index contributed by atoms with van der Waals surface area (Å²) in [4.78, 5) is 16.7. The van der Waals surface area contributed by atoms with Gasteiger partial charge in [-0.25, -0.2) is 4.79 Å². The number of likely N-dealkylation sites (tertiary alicyclic amines) is 2. The second-order valence-electron chi connectivity index (χ2n) is 6.04. The fourth-order valence-electron chi connectivity index (χ4n) is 3.33. The lowest BCUT2D eigenvalue weighted by atomic mass is 10.2. The first-order valence-corrected chi connectivity index (χ1v) is 8.02. The highest BCUT2D eigenvalue weighted by Gasteiger charge is 2.31. The van der Waals surface area contributed by atoms with Crippen LogP contribution in [0.2, 0.25) is 0 Å². The van der Waals surface area contributed by atoms with Gasteiger partial charge in [0.2, 0.25) is 0 Å². The summed E-state index contributed by atoms with van der Waals surface area (Å²) in [5.74, 6) is 0. The van der Waals surface area contributed by atoms with Crippen LogP contribution >= 0.6 is 0 Å². The lowest BCUT2D eigenvalue weighted by molar-refractivity contribution is 0.0859. The molecule has 2 saturated heterocycles. The number of ether oxygens (including phenoxy) is 1. The molecule has 1 amide bonds. The van der Waals surface area contributed by atoms with Gasteiger partial charge in [0.15, 0.2) is 0 Å². The minimum absolute atomic E-state index is 0.152. The highest BCUT2D eigenvalue weighted by molar-refractivity contribution is 5.68. The number of hydrogen-bond acceptors (Lipinski definition) is 3. The molecule has 1 aromatic carbocycles. The molecule has 0 saturated carbocycles. The molecule has 3 rings (SSSR count). The van der Waals surface area contributed by atoms with E-state index in [2.05, 4.69) is 4.90 Å². The van der Waals surface area contributed by atoms with Gasteiger partial charge in [-0.15, -0.1) is 0 Å². The Morgan fingerprint density at radius 2 is 1.86 bits per heavy atom. The third kappa shape index (κ3) is 3.76. The number of hydrogen-bond donors (Lipinski definition) is 0. The van der Waals surface area contributed by atoms with E-state index in [0.717, 1.165) is 31.5 Å². The predicted molar refractivity (Wildman–Crippen MR) is 82.0 cm³/mol. The Morgan fingerprint density at radius 3 is 2.62 bits per heavy atom. The molecule has 0 aliphatic carbocycles. The van der Waals surface area contributed by atoms with Crippen LogP contribution in [0.5, 0.6) is 0 Å². The average molecular weight is 288 g/mol. The molecule has 4 heteroatoms. The first-order chi connectivity index (χ1) is 10.3. The smallest absolute Gasteiger partial charge is 0.410 e. The largest absolute Gasteiger partial charge is 0.445 e. The van der Waals surface area contributed by atoms with Crippen LogP contribution in [0.4, 0.5) is 4.79 Å². The van der Waals surface area contributed by atoms with E-state index in [9.17, 15) is 4.79 Å². The first-order valence-electron chi connectivity index (χ1n) is 8.02. The molecule has 2 aliphatic rings. The Morgan fingerprint density at radius 1 is 1.10 bits per heavy atom. The van der Waals surface area contributed by atoms with Crippen LogP contribution in [-0.2, 0) is 11.3 Å². The monoisotopic (exact) mass is 288 g/mol. The standard InChI is InChI=1S/C17H24N2O2/c20-17(21-14-15-7-2-1-3-8-15)19-12-6-9-16(19)13-18-10-4-5-11-18/h1-3,7-8,16H,4-6,9-14H2/t16-/m1/s1. The highest BCUT2D eigenvalue weighted by atomic mass is 16.6. The molecule has 2 aliphatic heterocycles. The van der Waals surface area contributed by atoms with Crippen LogP contribution in [0.15, 0.2) is 30.3 Å². The van der Waals surface area contributed by atoms with E-state index in [4.69, 9.17) is 4.74 Å². The number of carbonyl (C=O) groups is 1. The summed E-state index contributed by atoms with van der Waals surface area (Å²) in [5, 5.41) is 0. The van der Waals surface area contributed by atoms with Gasteiger partial charge < -0.3 is 14.5 Å². The maximum Gasteiger partial charge on any atom is 0.410 e. The summed E-state index contributed by atoms with van der Waals surface area (Å²) < 4.78 is 5.48. The van der Waals surface area contributed by atoms with Crippen LogP contribution in [0, 0.1) is 0 Å². The van der Waals surface area contributed by atoms with Gasteiger partial charge in [-0.1, -0.05) is 30.3 Å². The van der Waals surface area contributed by atoms with Gasteiger partial charge >= 0.3 is 6.09 Å². The molecular formula is C17H24N2O2. The number of amides is 1. The summed E-state index contributed by atoms with van der Waals surface area (Å²) in [6, 6.07) is 10.2. The van der Waals surface area contributed by atoms with Crippen LogP contribution < -0.4 is 0 Å². The van der Waals surface area contributed by atoms with Gasteiger partial charge in [0.1, 0.15) is 6.61 Å². The van der Waals surface area contributed by atoms with Gasteiger partial charge in [-0.2, -0.15) is 0 Å². The Kier molecular flexibility index (Phi) is 4.76. The Labute approximate surface area is 126 Å². The fourth-order valence-corrected chi connectivity index (χ4v) is 3.33. The molecule has 4 nitrogen and oxygen atoms in total. The molecule has 0 bridgehead atoms. The van der Waals surface area contributed by atoms with E-state index in [1.54, 1.807) is 0 Å². The summed E-state index contributed by atoms with van der Waals surface area (Å²) in [6.45, 7) is 4.59. The van der Waals surface area contributed by atoms with Crippen LogP contribution in [0.25, 0.3) is 0 Å². The zero-order valence-electron chi connectivity index (χ0n) is 12.5. The molecule has 0 unspecified atom stereocenters. The first kappa shape index (κ1) is 14.4. The van der Waals surface area contributed by atoms with Crippen LogP contribution in [0.1, 0.15) is 31.2 Å². The molecule has 0 aromatic heterocycles. The number of rotatable bonds is 4. The fraction of sp³-hybridized carbons (Fsp3) is 0.588. The number of carbonyl (C=O) groups excluding carboxylic acids is 1. The molecule has 0 radical (unpaired) electrons. The van der Waals surface area contributed by atoms with Crippen LogP contribution in [0.3, 0.4) is 0 Å². The summed E-state index contributed by atoms with van der Waals surface area (Å²) in [5.41, 5.74) is 1.04. The van der Waals surface area contributed by atoms with Gasteiger partial charge in [-0.05, 0) is 44.3 Å². The van der Waals surface area contributed by atoms with Crippen molar-refractivity contribution in [2.45, 2.75) is 38.3 Å². The van der Waals surface area contributed by atoms with Crippen molar-refractivity contribution < 1.29 is 9.53 Å². The topological polar surface area (TPSA) is 32.8 Å². The van der Waals surface area contributed by atoms with Crippen molar-refractivity contribution in [1.82, 2.24) is 9.80 Å². The summed E-state index contributed by atoms with van der Waals surface area (Å²) in [7, 11) is 0. The summed E-state index contributed by atoms with van der Waals surface area (Å²) >= 11 is 0. The lowest BCUT2D eigenvalue weighted by Gasteiger charge is -2.27. The normalized spacial score (nSPS) is 22.7. The highest BCUT2D eigenvalue weighted by Crippen LogP contribution is 2.21. The maximum absolute atomic E-state index is 12.3. The molecule has 21 heavy (non-hydrogen) atoms. The zero-order chi connectivity index (χ0) is 14.5. The van der Waals surface area contributed by atoms with Gasteiger partial charge in [0.25, 0.3) is 0 Å². The third-order valence-corrected chi connectivity index (χ3v) is 4.48. The van der Waals surface area contributed by atoms with Gasteiger partial charge in [0, 0.05) is 19.1 Å². The molecule has 0 N–H and O–H groups in total. The molecule has 0 spiro atoms. The average Bonchev–Trinajstić information content (AvgIpc) is 3.18. The third-order valence-electron chi connectivity index (χ3n) is 4.48. The Hall–Kier alpha value is -1.55. The second-order valence-corrected chi connectivity index (χ2v) is 6.04. The number of benzene rings is 1. The zero-order valence-corrected chi connectivity index (χ0v) is 12.5. The molecule has 2 heterocycles. The Balaban J connectivity index is 1.50. The van der Waals surface area contributed by atoms with E-state index in [1.165, 1.54) is 25.9 Å². The molecule has 114 valence electrons. The SMILES string of the molecule is O=C(OCc1ccccc1)N1CCC[C@@H]1CN1CCCC1. The van der Waals surface area contributed by atoms with Crippen molar-refractivity contribution in [3.63, 3.8) is 0 Å². The van der Waals surface area contributed by atoms with Crippen molar-refractivity contribution in [1.29, 1.82) is 0 Å². The minimum Gasteiger partial charge on any atom is -0.445 e. The van der Waals surface area contributed by atoms with E-state index in [1.807, 2.05) is 35.2 Å². The van der Waals surface area contributed by atoms with E-state index in [0.29, 0.717) is 12.6 Å².